The summed E-state index contributed by atoms with van der Waals surface area (Å²) >= 11 is 13.5. The van der Waals surface area contributed by atoms with Crippen molar-refractivity contribution in [1.29, 1.82) is 0 Å². The van der Waals surface area contributed by atoms with Gasteiger partial charge in [-0.05, 0) is 19.0 Å². The van der Waals surface area contributed by atoms with E-state index in [-0.39, 0.29) is 27.6 Å². The number of benzene rings is 1. The molecule has 9 nitrogen and oxygen atoms in total. The van der Waals surface area contributed by atoms with Crippen LogP contribution >= 0.6 is 23.2 Å². The maximum absolute atomic E-state index is 14.3. The highest BCUT2D eigenvalue weighted by atomic mass is 35.5. The van der Waals surface area contributed by atoms with E-state index in [1.54, 1.807) is 29.9 Å². The molecule has 3 aromatic rings. The Morgan fingerprint density at radius 1 is 1.21 bits per heavy atom. The molecule has 1 aliphatic rings. The van der Waals surface area contributed by atoms with Gasteiger partial charge < -0.3 is 14.8 Å². The van der Waals surface area contributed by atoms with Gasteiger partial charge in [0.25, 0.3) is 5.56 Å². The lowest BCUT2D eigenvalue weighted by Gasteiger charge is -2.47. The van der Waals surface area contributed by atoms with Crippen molar-refractivity contribution in [3.05, 3.63) is 51.4 Å². The second kappa shape index (κ2) is 12.1. The Bertz CT molecular complexity index is 1390. The average molecular weight is 576 g/mol. The lowest BCUT2D eigenvalue weighted by molar-refractivity contribution is 0.0147. The van der Waals surface area contributed by atoms with Crippen molar-refractivity contribution < 1.29 is 9.47 Å². The summed E-state index contributed by atoms with van der Waals surface area (Å²) in [4.78, 5) is 28.1. The number of hydrogen-bond acceptors (Lipinski definition) is 8. The van der Waals surface area contributed by atoms with Crippen LogP contribution in [-0.2, 0) is 6.54 Å². The molecule has 1 fully saturated rings. The first-order valence-corrected chi connectivity index (χ1v) is 13.6. The fourth-order valence-corrected chi connectivity index (χ4v) is 5.85. The van der Waals surface area contributed by atoms with Crippen LogP contribution in [0.2, 0.25) is 10.0 Å². The molecule has 1 N–H and O–H groups in total. The third-order valence-corrected chi connectivity index (χ3v) is 8.21. The van der Waals surface area contributed by atoms with E-state index >= 15 is 0 Å². The summed E-state index contributed by atoms with van der Waals surface area (Å²) in [5.41, 5.74) is 0.942. The molecule has 0 amide bonds. The molecule has 1 saturated heterocycles. The fourth-order valence-electron chi connectivity index (χ4n) is 5.15. The molecule has 0 radical (unpaired) electrons. The van der Waals surface area contributed by atoms with Crippen LogP contribution in [0.3, 0.4) is 0 Å². The van der Waals surface area contributed by atoms with Crippen LogP contribution in [0.1, 0.15) is 13.8 Å². The van der Waals surface area contributed by atoms with E-state index in [1.165, 1.54) is 14.2 Å². The highest BCUT2D eigenvalue weighted by Gasteiger charge is 2.34. The maximum atomic E-state index is 14.3. The predicted octanol–water partition coefficient (Wildman–Crippen LogP) is 4.65. The quantitative estimate of drug-likeness (QED) is 0.331. The molecule has 0 aliphatic carbocycles. The van der Waals surface area contributed by atoms with Crippen LogP contribution in [0.15, 0.2) is 35.8 Å². The monoisotopic (exact) mass is 574 g/mol. The number of aromatic nitrogens is 3. The fraction of sp³-hybridized carbons (Fsp3) is 0.464. The van der Waals surface area contributed by atoms with Crippen molar-refractivity contribution in [3.8, 4) is 22.6 Å². The van der Waals surface area contributed by atoms with Crippen LogP contribution in [-0.4, -0.2) is 84.4 Å². The molecular formula is C28H36Cl2N6O3. The number of nitrogens with zero attached hydrogens (tertiary/aromatic N) is 5. The number of fused-ring (bicyclic) bond motifs is 1. The van der Waals surface area contributed by atoms with Crippen molar-refractivity contribution in [2.75, 3.05) is 53.3 Å². The molecule has 210 valence electrons. The van der Waals surface area contributed by atoms with E-state index < -0.39 is 0 Å². The van der Waals surface area contributed by atoms with Gasteiger partial charge in [0, 0.05) is 68.5 Å². The van der Waals surface area contributed by atoms with E-state index in [9.17, 15) is 4.79 Å². The molecule has 0 spiro atoms. The van der Waals surface area contributed by atoms with Crippen molar-refractivity contribution in [3.63, 3.8) is 0 Å². The molecule has 4 rings (SSSR count). The molecule has 39 heavy (non-hydrogen) atoms. The Labute approximate surface area is 239 Å². The summed E-state index contributed by atoms with van der Waals surface area (Å²) in [6, 6.07) is 3.79. The Hall–Kier alpha value is -2.85. The first kappa shape index (κ1) is 29.1. The first-order chi connectivity index (χ1) is 18.6. The van der Waals surface area contributed by atoms with Crippen molar-refractivity contribution >= 4 is 40.2 Å². The molecule has 2 aromatic heterocycles. The number of methoxy groups -OCH3 is 2. The number of halogens is 2. The minimum atomic E-state index is -0.261. The minimum absolute atomic E-state index is 0.0656. The van der Waals surface area contributed by atoms with Gasteiger partial charge in [0.1, 0.15) is 17.1 Å². The van der Waals surface area contributed by atoms with Gasteiger partial charge >= 0.3 is 0 Å². The first-order valence-electron chi connectivity index (χ1n) is 12.9. The second-order valence-corrected chi connectivity index (χ2v) is 10.9. The molecule has 0 bridgehead atoms. The predicted molar refractivity (Wildman–Crippen MR) is 159 cm³/mol. The highest BCUT2D eigenvalue weighted by Crippen LogP contribution is 2.45. The zero-order chi connectivity index (χ0) is 28.4. The number of rotatable bonds is 11. The smallest absolute Gasteiger partial charge is 0.260 e. The lowest BCUT2D eigenvalue weighted by Crippen LogP contribution is -2.61. The molecular weight excluding hydrogens is 539 g/mol. The number of anilines is 1. The van der Waals surface area contributed by atoms with Gasteiger partial charge in [-0.25, -0.2) is 4.98 Å². The van der Waals surface area contributed by atoms with Crippen molar-refractivity contribution in [2.24, 2.45) is 5.92 Å². The number of pyridine rings is 1. The Balaban J connectivity index is 1.89. The van der Waals surface area contributed by atoms with Crippen molar-refractivity contribution in [2.45, 2.75) is 32.5 Å². The average Bonchev–Trinajstić information content (AvgIpc) is 2.89. The Morgan fingerprint density at radius 3 is 2.38 bits per heavy atom. The van der Waals surface area contributed by atoms with Gasteiger partial charge in [-0.3, -0.25) is 19.2 Å². The summed E-state index contributed by atoms with van der Waals surface area (Å²) in [5.74, 6) is 1.41. The van der Waals surface area contributed by atoms with Crippen molar-refractivity contribution in [1.82, 2.24) is 24.3 Å². The van der Waals surface area contributed by atoms with Crippen LogP contribution in [0.4, 0.5) is 5.95 Å². The van der Waals surface area contributed by atoms with Crippen LogP contribution in [0.25, 0.3) is 22.2 Å². The Morgan fingerprint density at radius 2 is 1.85 bits per heavy atom. The zero-order valence-electron chi connectivity index (χ0n) is 23.3. The second-order valence-electron chi connectivity index (χ2n) is 10.1. The largest absolute Gasteiger partial charge is 0.495 e. The summed E-state index contributed by atoms with van der Waals surface area (Å²) in [6.07, 6.45) is 3.62. The standard InChI is InChI=1S/C28H36Cl2N6O3/c1-8-9-35-13-18(14-35)34(5)20(16(2)3)15-36-26-17(12-32-28(31-4)33-26)10-19(27(36)37)23-24(29)21(38-6)11-22(39-7)25(23)30/h8,10-12,16,18,20H,1,9,13-15H2,2-7H3,(H,31,32,33). The molecule has 0 saturated carbocycles. The van der Waals surface area contributed by atoms with Crippen LogP contribution in [0.5, 0.6) is 11.5 Å². The van der Waals surface area contributed by atoms with E-state index in [0.717, 1.165) is 19.6 Å². The maximum Gasteiger partial charge on any atom is 0.260 e. The molecule has 1 aromatic carbocycles. The summed E-state index contributed by atoms with van der Waals surface area (Å²) < 4.78 is 12.6. The van der Waals surface area contributed by atoms with Gasteiger partial charge in [-0.15, -0.1) is 6.58 Å². The molecule has 1 aliphatic heterocycles. The topological polar surface area (TPSA) is 84.8 Å². The van der Waals surface area contributed by atoms with E-state index in [4.69, 9.17) is 32.7 Å². The van der Waals surface area contributed by atoms with Crippen LogP contribution in [0, 0.1) is 5.92 Å². The minimum Gasteiger partial charge on any atom is -0.495 e. The molecule has 11 heteroatoms. The summed E-state index contributed by atoms with van der Waals surface area (Å²) in [5, 5.41) is 4.12. The number of hydrogen-bond donors (Lipinski definition) is 1. The summed E-state index contributed by atoms with van der Waals surface area (Å²) in [6.45, 7) is 11.4. The lowest BCUT2D eigenvalue weighted by atomic mass is 9.97. The SMILES string of the molecule is C=CCN1CC(N(C)C(Cn2c(=O)c(-c3c(Cl)c(OC)cc(OC)c3Cl)cc3cnc(NC)nc32)C(C)C)C1. The normalized spacial score (nSPS) is 15.0. The molecule has 3 heterocycles. The van der Waals surface area contributed by atoms with Crippen LogP contribution < -0.4 is 20.3 Å². The molecule has 1 atom stereocenters. The van der Waals surface area contributed by atoms with Gasteiger partial charge in [0.15, 0.2) is 0 Å². The highest BCUT2D eigenvalue weighted by molar-refractivity contribution is 6.41. The Kier molecular flexibility index (Phi) is 9.06. The molecule has 1 unspecified atom stereocenters. The van der Waals surface area contributed by atoms with Gasteiger partial charge in [-0.2, -0.15) is 4.98 Å². The van der Waals surface area contributed by atoms with Gasteiger partial charge in [0.2, 0.25) is 5.95 Å². The third kappa shape index (κ3) is 5.59. The number of nitrogens with one attached hydrogen (secondary N) is 1. The number of likely N-dealkylation sites (N-methyl/N-ethyl adjacent to an activating group) is 1. The van der Waals surface area contributed by atoms with Gasteiger partial charge in [-0.1, -0.05) is 43.1 Å². The van der Waals surface area contributed by atoms with E-state index in [0.29, 0.717) is 52.2 Å². The van der Waals surface area contributed by atoms with E-state index in [1.807, 2.05) is 6.08 Å². The number of likely N-dealkylation sites (tertiary alicyclic amines) is 1. The van der Waals surface area contributed by atoms with E-state index in [2.05, 4.69) is 52.6 Å². The summed E-state index contributed by atoms with van der Waals surface area (Å²) in [7, 11) is 6.89. The zero-order valence-corrected chi connectivity index (χ0v) is 24.8. The van der Waals surface area contributed by atoms with Gasteiger partial charge in [0.05, 0.1) is 29.8 Å². The third-order valence-electron chi connectivity index (χ3n) is 7.46. The number of ether oxygens (including phenoxy) is 2.